The molecule has 1 aliphatic heterocycles. The van der Waals surface area contributed by atoms with E-state index >= 15 is 0 Å². The van der Waals surface area contributed by atoms with Crippen LogP contribution in [0, 0.1) is 0 Å². The van der Waals surface area contributed by atoms with Crippen LogP contribution in [0.2, 0.25) is 0 Å². The van der Waals surface area contributed by atoms with Crippen LogP contribution in [0.5, 0.6) is 23.0 Å². The molecule has 29 heavy (non-hydrogen) atoms. The number of aliphatic hydroxyl groups excluding tert-OH is 1. The van der Waals surface area contributed by atoms with Crippen molar-refractivity contribution in [3.05, 3.63) is 47.5 Å². The van der Waals surface area contributed by atoms with Gasteiger partial charge in [-0.1, -0.05) is 6.07 Å². The molecule has 0 bridgehead atoms. The number of carbonyl (C=O) groups is 2. The van der Waals surface area contributed by atoms with Gasteiger partial charge in [0, 0.05) is 25.1 Å². The molecule has 6 N–H and O–H groups in total. The average molecular weight is 402 g/mol. The van der Waals surface area contributed by atoms with Gasteiger partial charge in [-0.3, -0.25) is 9.59 Å². The Bertz CT molecular complexity index is 931. The van der Waals surface area contributed by atoms with E-state index in [4.69, 9.17) is 0 Å². The van der Waals surface area contributed by atoms with Gasteiger partial charge in [0.25, 0.3) is 5.91 Å². The van der Waals surface area contributed by atoms with Gasteiger partial charge < -0.3 is 35.7 Å². The summed E-state index contributed by atoms with van der Waals surface area (Å²) in [6.45, 7) is 0.210. The molecule has 2 amide bonds. The van der Waals surface area contributed by atoms with E-state index in [9.17, 15) is 35.1 Å². The minimum Gasteiger partial charge on any atom is -0.504 e. The second-order valence-corrected chi connectivity index (χ2v) is 6.93. The number of phenols is 4. The van der Waals surface area contributed by atoms with Crippen molar-refractivity contribution in [2.75, 3.05) is 13.1 Å². The summed E-state index contributed by atoms with van der Waals surface area (Å²) >= 11 is 0. The Balaban J connectivity index is 1.64. The summed E-state index contributed by atoms with van der Waals surface area (Å²) in [6, 6.07) is 7.11. The fourth-order valence-corrected chi connectivity index (χ4v) is 3.28. The van der Waals surface area contributed by atoms with Crippen molar-refractivity contribution in [2.24, 2.45) is 0 Å². The van der Waals surface area contributed by atoms with E-state index in [-0.39, 0.29) is 42.3 Å². The lowest BCUT2D eigenvalue weighted by Crippen LogP contribution is -2.46. The topological polar surface area (TPSA) is 151 Å². The number of aliphatic hydroxyl groups is 1. The Morgan fingerprint density at radius 1 is 0.966 bits per heavy atom. The zero-order valence-electron chi connectivity index (χ0n) is 15.4. The van der Waals surface area contributed by atoms with Gasteiger partial charge in [-0.25, -0.2) is 0 Å². The number of hydrogen-bond acceptors (Lipinski definition) is 7. The van der Waals surface area contributed by atoms with E-state index in [0.29, 0.717) is 12.0 Å². The number of benzene rings is 2. The van der Waals surface area contributed by atoms with Crippen LogP contribution >= 0.6 is 0 Å². The number of nitrogens with zero attached hydrogens (tertiary/aromatic N) is 1. The molecule has 0 spiro atoms. The van der Waals surface area contributed by atoms with Crippen molar-refractivity contribution in [2.45, 2.75) is 25.0 Å². The van der Waals surface area contributed by atoms with Crippen LogP contribution in [-0.2, 0) is 11.2 Å². The Kier molecular flexibility index (Phi) is 5.79. The van der Waals surface area contributed by atoms with Crippen molar-refractivity contribution in [1.29, 1.82) is 0 Å². The molecule has 2 aromatic carbocycles. The Labute approximate surface area is 166 Å². The van der Waals surface area contributed by atoms with Crippen LogP contribution in [0.1, 0.15) is 22.3 Å². The van der Waals surface area contributed by atoms with Crippen molar-refractivity contribution in [3.63, 3.8) is 0 Å². The highest BCUT2D eigenvalue weighted by Gasteiger charge is 2.39. The Hall–Kier alpha value is -3.46. The average Bonchev–Trinajstić information content (AvgIpc) is 3.08. The molecule has 0 aromatic heterocycles. The minimum absolute atomic E-state index is 0.0234. The summed E-state index contributed by atoms with van der Waals surface area (Å²) in [5, 5.41) is 50.5. The lowest BCUT2D eigenvalue weighted by Gasteiger charge is -2.24. The molecule has 1 fully saturated rings. The number of likely N-dealkylation sites (tertiary alicyclic amines) is 1. The predicted octanol–water partition coefficient (Wildman–Crippen LogP) is 0.443. The number of nitrogens with one attached hydrogen (secondary N) is 1. The van der Waals surface area contributed by atoms with Crippen LogP contribution < -0.4 is 5.32 Å². The van der Waals surface area contributed by atoms with Gasteiger partial charge in [-0.15, -0.1) is 0 Å². The first-order valence-electron chi connectivity index (χ1n) is 9.06. The van der Waals surface area contributed by atoms with Crippen LogP contribution in [0.4, 0.5) is 0 Å². The van der Waals surface area contributed by atoms with Gasteiger partial charge in [-0.2, -0.15) is 0 Å². The first-order chi connectivity index (χ1) is 13.8. The van der Waals surface area contributed by atoms with E-state index < -0.39 is 29.7 Å². The Morgan fingerprint density at radius 2 is 1.62 bits per heavy atom. The molecule has 1 aliphatic rings. The molecule has 9 heteroatoms. The molecule has 1 saturated heterocycles. The maximum atomic E-state index is 12.7. The van der Waals surface area contributed by atoms with E-state index in [0.717, 1.165) is 6.07 Å². The molecular formula is C20H22N2O7. The summed E-state index contributed by atoms with van der Waals surface area (Å²) in [6.07, 6.45) is -0.370. The monoisotopic (exact) mass is 402 g/mol. The number of carbonyl (C=O) groups excluding carboxylic acids is 2. The molecular weight excluding hydrogens is 380 g/mol. The van der Waals surface area contributed by atoms with Crippen molar-refractivity contribution >= 4 is 11.8 Å². The number of β-amino-alcohol motifs (C(OH)–C–C–N with tert-alkyl or cyclic N) is 1. The zero-order valence-corrected chi connectivity index (χ0v) is 15.4. The third kappa shape index (κ3) is 4.52. The fraction of sp³-hybridized carbons (Fsp3) is 0.300. The Morgan fingerprint density at radius 3 is 2.28 bits per heavy atom. The summed E-state index contributed by atoms with van der Waals surface area (Å²) in [5.74, 6) is -2.26. The van der Waals surface area contributed by atoms with Gasteiger partial charge in [0.1, 0.15) is 6.04 Å². The first kappa shape index (κ1) is 20.3. The largest absolute Gasteiger partial charge is 0.504 e. The van der Waals surface area contributed by atoms with Gasteiger partial charge in [0.05, 0.1) is 6.10 Å². The standard InChI is InChI=1S/C20H22N2O7/c23-13-9-14(19(28)21-6-5-11-1-3-15(24)17(26)7-11)22(10-13)20(29)12-2-4-16(25)18(27)8-12/h1-4,7-8,13-14,23-27H,5-6,9-10H2,(H,21,28)/t13-,14+/m1/s1. The van der Waals surface area contributed by atoms with E-state index in [2.05, 4.69) is 5.32 Å². The smallest absolute Gasteiger partial charge is 0.254 e. The molecule has 2 atom stereocenters. The molecule has 0 radical (unpaired) electrons. The van der Waals surface area contributed by atoms with Crippen molar-refractivity contribution in [3.8, 4) is 23.0 Å². The van der Waals surface area contributed by atoms with Crippen molar-refractivity contribution < 1.29 is 35.1 Å². The summed E-state index contributed by atoms with van der Waals surface area (Å²) in [7, 11) is 0. The lowest BCUT2D eigenvalue weighted by atomic mass is 10.1. The number of rotatable bonds is 5. The third-order valence-electron chi connectivity index (χ3n) is 4.82. The zero-order chi connectivity index (χ0) is 21.1. The first-order valence-corrected chi connectivity index (χ1v) is 9.06. The molecule has 0 saturated carbocycles. The molecule has 3 rings (SSSR count). The summed E-state index contributed by atoms with van der Waals surface area (Å²) in [4.78, 5) is 26.5. The van der Waals surface area contributed by atoms with Gasteiger partial charge in [0.15, 0.2) is 23.0 Å². The number of aromatic hydroxyl groups is 4. The number of amides is 2. The normalized spacial score (nSPS) is 18.6. The summed E-state index contributed by atoms with van der Waals surface area (Å²) in [5.41, 5.74) is 0.798. The van der Waals surface area contributed by atoms with Crippen LogP contribution in [0.15, 0.2) is 36.4 Å². The third-order valence-corrected chi connectivity index (χ3v) is 4.82. The lowest BCUT2D eigenvalue weighted by molar-refractivity contribution is -0.124. The van der Waals surface area contributed by atoms with E-state index in [1.165, 1.54) is 29.2 Å². The van der Waals surface area contributed by atoms with Gasteiger partial charge >= 0.3 is 0 Å². The minimum atomic E-state index is -0.873. The highest BCUT2D eigenvalue weighted by atomic mass is 16.3. The summed E-state index contributed by atoms with van der Waals surface area (Å²) < 4.78 is 0. The second kappa shape index (κ2) is 8.27. The van der Waals surface area contributed by atoms with Gasteiger partial charge in [-0.05, 0) is 42.3 Å². The second-order valence-electron chi connectivity index (χ2n) is 6.93. The number of hydrogen-bond donors (Lipinski definition) is 6. The fourth-order valence-electron chi connectivity index (χ4n) is 3.28. The molecule has 0 unspecified atom stereocenters. The SMILES string of the molecule is O=C(NCCc1ccc(O)c(O)c1)[C@@H]1C[C@@H](O)CN1C(=O)c1ccc(O)c(O)c1. The molecule has 0 aliphatic carbocycles. The maximum Gasteiger partial charge on any atom is 0.254 e. The highest BCUT2D eigenvalue weighted by Crippen LogP contribution is 2.28. The number of phenolic OH excluding ortho intramolecular Hbond substituents is 4. The van der Waals surface area contributed by atoms with Gasteiger partial charge in [0.2, 0.25) is 5.91 Å². The van der Waals surface area contributed by atoms with Crippen molar-refractivity contribution in [1.82, 2.24) is 10.2 Å². The quantitative estimate of drug-likeness (QED) is 0.397. The molecule has 1 heterocycles. The molecule has 9 nitrogen and oxygen atoms in total. The molecule has 2 aromatic rings. The van der Waals surface area contributed by atoms with E-state index in [1.807, 2.05) is 0 Å². The predicted molar refractivity (Wildman–Crippen MR) is 102 cm³/mol. The highest BCUT2D eigenvalue weighted by molar-refractivity contribution is 5.98. The van der Waals surface area contributed by atoms with E-state index in [1.54, 1.807) is 6.07 Å². The van der Waals surface area contributed by atoms with Crippen LogP contribution in [0.3, 0.4) is 0 Å². The molecule has 154 valence electrons. The van der Waals surface area contributed by atoms with Crippen LogP contribution in [0.25, 0.3) is 0 Å². The maximum absolute atomic E-state index is 12.7. The van der Waals surface area contributed by atoms with Crippen LogP contribution in [-0.4, -0.2) is 67.5 Å².